The monoisotopic (exact) mass is 418 g/mol. The van der Waals surface area contributed by atoms with Crippen LogP contribution in [0.3, 0.4) is 0 Å². The molecule has 160 valence electrons. The number of aromatic amines is 1. The van der Waals surface area contributed by atoms with Gasteiger partial charge in [-0.15, -0.1) is 0 Å². The fraction of sp³-hybridized carbons (Fsp3) is 0.458. The van der Waals surface area contributed by atoms with Gasteiger partial charge in [-0.2, -0.15) is 5.10 Å². The van der Waals surface area contributed by atoms with Crippen molar-refractivity contribution >= 4 is 11.8 Å². The smallest absolute Gasteiger partial charge is 0.230 e. The van der Waals surface area contributed by atoms with E-state index < -0.39 is 17.4 Å². The Kier molecular flexibility index (Phi) is 3.96. The van der Waals surface area contributed by atoms with Crippen molar-refractivity contribution in [3.63, 3.8) is 0 Å². The number of hydrogen-bond donors (Lipinski definition) is 1. The molecule has 2 bridgehead atoms. The molecule has 5 heterocycles. The van der Waals surface area contributed by atoms with Crippen LogP contribution < -0.4 is 0 Å². The lowest BCUT2D eigenvalue weighted by molar-refractivity contribution is -0.144. The van der Waals surface area contributed by atoms with E-state index >= 15 is 0 Å². The molecule has 0 aliphatic carbocycles. The van der Waals surface area contributed by atoms with Crippen molar-refractivity contribution in [2.45, 2.75) is 45.1 Å². The van der Waals surface area contributed by atoms with Gasteiger partial charge in [0.1, 0.15) is 5.60 Å². The highest BCUT2D eigenvalue weighted by molar-refractivity contribution is 5.93. The Morgan fingerprint density at radius 3 is 3.10 bits per heavy atom. The lowest BCUT2D eigenvalue weighted by atomic mass is 9.76. The first-order chi connectivity index (χ1) is 14.9. The summed E-state index contributed by atoms with van der Waals surface area (Å²) in [6, 6.07) is 6.32. The first kappa shape index (κ1) is 18.8. The summed E-state index contributed by atoms with van der Waals surface area (Å²) in [5.74, 6) is -0.831. The molecule has 1 aromatic heterocycles. The molecule has 0 radical (unpaired) electrons. The van der Waals surface area contributed by atoms with Gasteiger partial charge in [0, 0.05) is 37.3 Å². The van der Waals surface area contributed by atoms with Crippen molar-refractivity contribution in [1.82, 2.24) is 20.0 Å². The molecular weight excluding hydrogens is 392 g/mol. The minimum atomic E-state index is -0.670. The number of ether oxygens (including phenoxy) is 1. The molecule has 0 saturated carbocycles. The zero-order chi connectivity index (χ0) is 21.3. The quantitative estimate of drug-likeness (QED) is 0.773. The van der Waals surface area contributed by atoms with Gasteiger partial charge in [-0.25, -0.2) is 0 Å². The Balaban J connectivity index is 1.26. The van der Waals surface area contributed by atoms with Crippen LogP contribution >= 0.6 is 0 Å². The lowest BCUT2D eigenvalue weighted by Gasteiger charge is -2.32. The number of amides is 2. The van der Waals surface area contributed by atoms with Crippen molar-refractivity contribution in [2.75, 3.05) is 13.1 Å². The average molecular weight is 418 g/mol. The maximum absolute atomic E-state index is 13.6. The number of carbonyl (C=O) groups excluding carboxylic acids is 2. The highest BCUT2D eigenvalue weighted by atomic mass is 16.5. The molecule has 4 atom stereocenters. The number of hydrogen-bond acceptors (Lipinski definition) is 4. The van der Waals surface area contributed by atoms with E-state index in [1.54, 1.807) is 6.20 Å². The number of rotatable bonds is 3. The predicted octanol–water partition coefficient (Wildman–Crippen LogP) is 1.89. The van der Waals surface area contributed by atoms with Gasteiger partial charge in [0.25, 0.3) is 0 Å². The van der Waals surface area contributed by atoms with Crippen molar-refractivity contribution in [2.24, 2.45) is 11.8 Å². The number of nitrogens with one attached hydrogen (secondary N) is 1. The number of benzene rings is 1. The maximum Gasteiger partial charge on any atom is 0.230 e. The second kappa shape index (κ2) is 6.53. The summed E-state index contributed by atoms with van der Waals surface area (Å²) in [6.45, 7) is 6.37. The van der Waals surface area contributed by atoms with Crippen molar-refractivity contribution in [1.29, 1.82) is 0 Å². The Morgan fingerprint density at radius 1 is 1.35 bits per heavy atom. The molecule has 4 aliphatic heterocycles. The van der Waals surface area contributed by atoms with E-state index in [4.69, 9.17) is 4.74 Å². The molecule has 4 aliphatic rings. The van der Waals surface area contributed by atoms with Gasteiger partial charge in [-0.05, 0) is 25.0 Å². The molecule has 1 aromatic carbocycles. The second-order valence-corrected chi connectivity index (χ2v) is 9.41. The normalized spacial score (nSPS) is 30.8. The van der Waals surface area contributed by atoms with Crippen LogP contribution in [0.15, 0.2) is 36.5 Å². The van der Waals surface area contributed by atoms with Gasteiger partial charge in [-0.3, -0.25) is 14.7 Å². The van der Waals surface area contributed by atoms with Crippen LogP contribution in [0.2, 0.25) is 0 Å². The molecule has 2 aromatic rings. The Labute approximate surface area is 181 Å². The molecule has 2 unspecified atom stereocenters. The third-order valence-corrected chi connectivity index (χ3v) is 7.44. The summed E-state index contributed by atoms with van der Waals surface area (Å²) in [5.41, 5.74) is 4.99. The van der Waals surface area contributed by atoms with E-state index in [1.165, 1.54) is 11.1 Å². The van der Waals surface area contributed by atoms with E-state index in [9.17, 15) is 9.59 Å². The van der Waals surface area contributed by atoms with Crippen LogP contribution in [-0.4, -0.2) is 56.6 Å². The molecule has 2 amide bonds. The summed E-state index contributed by atoms with van der Waals surface area (Å²) in [7, 11) is 0. The van der Waals surface area contributed by atoms with Gasteiger partial charge in [0.2, 0.25) is 11.8 Å². The standard InChI is InChI=1S/C24H26N4O3/c1-14-3-4-15(2)16(9-14)11-28-13-24-7-5-19(31-24)20(21(24)23(28)30)22(29)27-8-6-18-17(12-27)10-25-26-18/h3-5,7,9-10,19-21H,6,8,11-13H2,1-2H3,(H,25,26)/t19-,20?,21?,24-/m0/s1. The number of H-pyrrole nitrogens is 1. The molecule has 31 heavy (non-hydrogen) atoms. The van der Waals surface area contributed by atoms with E-state index in [0.717, 1.165) is 23.2 Å². The highest BCUT2D eigenvalue weighted by Gasteiger charge is 2.67. The van der Waals surface area contributed by atoms with Crippen LogP contribution in [0.5, 0.6) is 0 Å². The predicted molar refractivity (Wildman–Crippen MR) is 113 cm³/mol. The van der Waals surface area contributed by atoms with E-state index in [2.05, 4.69) is 42.2 Å². The number of aromatic nitrogens is 2. The Bertz CT molecular complexity index is 1120. The minimum Gasteiger partial charge on any atom is -0.360 e. The molecule has 1 N–H and O–H groups in total. The average Bonchev–Trinajstić information content (AvgIpc) is 3.51. The molecule has 1 spiro atoms. The van der Waals surface area contributed by atoms with Crippen LogP contribution in [-0.2, 0) is 33.8 Å². The number of fused-ring (bicyclic) bond motifs is 2. The van der Waals surface area contributed by atoms with Crippen molar-refractivity contribution in [3.8, 4) is 0 Å². The Hall–Kier alpha value is -2.93. The first-order valence-electron chi connectivity index (χ1n) is 11.0. The van der Waals surface area contributed by atoms with Gasteiger partial charge in [-0.1, -0.05) is 35.9 Å². The van der Waals surface area contributed by atoms with E-state index in [-0.39, 0.29) is 17.9 Å². The number of carbonyl (C=O) groups is 2. The zero-order valence-corrected chi connectivity index (χ0v) is 17.8. The third-order valence-electron chi connectivity index (χ3n) is 7.44. The van der Waals surface area contributed by atoms with E-state index in [1.807, 2.05) is 22.0 Å². The van der Waals surface area contributed by atoms with Crippen LogP contribution in [0, 0.1) is 25.7 Å². The van der Waals surface area contributed by atoms with Crippen LogP contribution in [0.1, 0.15) is 27.9 Å². The minimum absolute atomic E-state index is 0.0232. The van der Waals surface area contributed by atoms with Gasteiger partial charge < -0.3 is 14.5 Å². The van der Waals surface area contributed by atoms with Crippen molar-refractivity contribution in [3.05, 3.63) is 64.5 Å². The summed E-state index contributed by atoms with van der Waals surface area (Å²) in [4.78, 5) is 30.9. The number of likely N-dealkylation sites (tertiary alicyclic amines) is 1. The fourth-order valence-corrected chi connectivity index (χ4v) is 5.79. The molecule has 7 nitrogen and oxygen atoms in total. The van der Waals surface area contributed by atoms with Gasteiger partial charge in [0.05, 0.1) is 30.7 Å². The summed E-state index contributed by atoms with van der Waals surface area (Å²) >= 11 is 0. The molecule has 2 fully saturated rings. The SMILES string of the molecule is Cc1ccc(C)c(CN2C[C@]34C=C[C@H](O3)C(C(=O)N3CCc5[nH]ncc5C3)C4C2=O)c1. The van der Waals surface area contributed by atoms with Gasteiger partial charge in [0.15, 0.2) is 0 Å². The first-order valence-corrected chi connectivity index (χ1v) is 11.0. The number of aryl methyl sites for hydroxylation is 2. The molecule has 6 rings (SSSR count). The highest BCUT2D eigenvalue weighted by Crippen LogP contribution is 2.52. The fourth-order valence-electron chi connectivity index (χ4n) is 5.79. The largest absolute Gasteiger partial charge is 0.360 e. The summed E-state index contributed by atoms with van der Waals surface area (Å²) < 4.78 is 6.32. The summed E-state index contributed by atoms with van der Waals surface area (Å²) in [6.07, 6.45) is 6.26. The lowest BCUT2D eigenvalue weighted by Crippen LogP contribution is -2.47. The zero-order valence-electron chi connectivity index (χ0n) is 17.8. The second-order valence-electron chi connectivity index (χ2n) is 9.41. The third kappa shape index (κ3) is 2.72. The van der Waals surface area contributed by atoms with Crippen LogP contribution in [0.4, 0.5) is 0 Å². The molecule has 2 saturated heterocycles. The summed E-state index contributed by atoms with van der Waals surface area (Å²) in [5, 5.41) is 7.11. The Morgan fingerprint density at radius 2 is 2.23 bits per heavy atom. The van der Waals surface area contributed by atoms with Gasteiger partial charge >= 0.3 is 0 Å². The molecular formula is C24H26N4O3. The topological polar surface area (TPSA) is 78.5 Å². The molecule has 7 heteroatoms. The van der Waals surface area contributed by atoms with Crippen LogP contribution in [0.25, 0.3) is 0 Å². The number of nitrogens with zero attached hydrogens (tertiary/aromatic N) is 3. The van der Waals surface area contributed by atoms with E-state index in [0.29, 0.717) is 26.2 Å². The maximum atomic E-state index is 13.6. The van der Waals surface area contributed by atoms with Crippen molar-refractivity contribution < 1.29 is 14.3 Å².